The Balaban J connectivity index is 1.83. The number of nitro groups is 1. The summed E-state index contributed by atoms with van der Waals surface area (Å²) < 4.78 is 5.33. The van der Waals surface area contributed by atoms with E-state index in [0.717, 1.165) is 0 Å². The van der Waals surface area contributed by atoms with E-state index in [4.69, 9.17) is 22.7 Å². The maximum Gasteiger partial charge on any atom is 0.270 e. The van der Waals surface area contributed by atoms with E-state index in [1.54, 1.807) is 18.2 Å². The van der Waals surface area contributed by atoms with Crippen molar-refractivity contribution in [2.45, 2.75) is 0 Å². The fourth-order valence-electron chi connectivity index (χ4n) is 3.03. The largest absolute Gasteiger partial charge is 0.378 e. The number of non-ortho nitro benzene ring substituents is 1. The molecule has 0 bridgehead atoms. The van der Waals surface area contributed by atoms with Crippen molar-refractivity contribution in [2.24, 2.45) is 5.73 Å². The maximum absolute atomic E-state index is 12.9. The molecular formula is C19H19N5O5S. The first-order valence-corrected chi connectivity index (χ1v) is 9.40. The number of carbonyl (C=O) groups is 2. The zero-order valence-corrected chi connectivity index (χ0v) is 16.6. The fourth-order valence-corrected chi connectivity index (χ4v) is 3.23. The van der Waals surface area contributed by atoms with Crippen molar-refractivity contribution >= 4 is 46.2 Å². The smallest absolute Gasteiger partial charge is 0.270 e. The highest BCUT2D eigenvalue weighted by Gasteiger charge is 2.23. The Morgan fingerprint density at radius 3 is 2.50 bits per heavy atom. The van der Waals surface area contributed by atoms with Crippen LogP contribution in [0, 0.1) is 10.1 Å². The number of hydrogen-bond acceptors (Lipinski definition) is 7. The van der Waals surface area contributed by atoms with Crippen LogP contribution in [0.25, 0.3) is 0 Å². The second-order valence-electron chi connectivity index (χ2n) is 6.38. The van der Waals surface area contributed by atoms with Gasteiger partial charge in [-0.2, -0.15) is 0 Å². The molecule has 4 N–H and O–H groups in total. The van der Waals surface area contributed by atoms with Gasteiger partial charge < -0.3 is 20.7 Å². The molecule has 0 radical (unpaired) electrons. The predicted octanol–water partition coefficient (Wildman–Crippen LogP) is 1.66. The van der Waals surface area contributed by atoms with Gasteiger partial charge in [0.05, 0.1) is 40.6 Å². The second kappa shape index (κ2) is 9.29. The highest BCUT2D eigenvalue weighted by atomic mass is 32.1. The number of nitrogens with one attached hydrogen (secondary N) is 2. The van der Waals surface area contributed by atoms with E-state index in [-0.39, 0.29) is 21.9 Å². The number of nitrogens with zero attached hydrogens (tertiary/aromatic N) is 2. The maximum atomic E-state index is 12.9. The third kappa shape index (κ3) is 4.88. The Morgan fingerprint density at radius 2 is 1.83 bits per heavy atom. The number of anilines is 2. The lowest BCUT2D eigenvalue weighted by atomic mass is 10.1. The summed E-state index contributed by atoms with van der Waals surface area (Å²) in [4.78, 5) is 37.0. The Bertz CT molecular complexity index is 1010. The Labute approximate surface area is 177 Å². The van der Waals surface area contributed by atoms with Crippen molar-refractivity contribution in [1.82, 2.24) is 5.32 Å². The van der Waals surface area contributed by atoms with E-state index in [9.17, 15) is 19.7 Å². The van der Waals surface area contributed by atoms with Crippen LogP contribution in [-0.2, 0) is 4.74 Å². The van der Waals surface area contributed by atoms with Crippen LogP contribution in [0.15, 0.2) is 42.5 Å². The van der Waals surface area contributed by atoms with Crippen LogP contribution in [0.2, 0.25) is 0 Å². The average molecular weight is 429 g/mol. The number of morpholine rings is 1. The number of nitro benzene ring substituents is 1. The Morgan fingerprint density at radius 1 is 1.13 bits per heavy atom. The quantitative estimate of drug-likeness (QED) is 0.370. The molecule has 0 unspecified atom stereocenters. The van der Waals surface area contributed by atoms with E-state index in [0.29, 0.717) is 37.7 Å². The predicted molar refractivity (Wildman–Crippen MR) is 115 cm³/mol. The lowest BCUT2D eigenvalue weighted by Gasteiger charge is -2.30. The molecule has 156 valence electrons. The number of para-hydroxylation sites is 1. The summed E-state index contributed by atoms with van der Waals surface area (Å²) in [5.74, 6) is -1.27. The van der Waals surface area contributed by atoms with Crippen molar-refractivity contribution in [3.8, 4) is 0 Å². The summed E-state index contributed by atoms with van der Waals surface area (Å²) in [5, 5.41) is 16.4. The minimum atomic E-state index is -0.652. The average Bonchev–Trinajstić information content (AvgIpc) is 2.74. The van der Waals surface area contributed by atoms with E-state index >= 15 is 0 Å². The van der Waals surface area contributed by atoms with Gasteiger partial charge in [0, 0.05) is 25.2 Å². The first kappa shape index (κ1) is 21.1. The number of ether oxygens (including phenoxy) is 1. The fraction of sp³-hybridized carbons (Fsp3) is 0.211. The molecule has 0 spiro atoms. The second-order valence-corrected chi connectivity index (χ2v) is 6.78. The standard InChI is InChI=1S/C19H19N5O5S/c20-17(25)13-3-1-2-4-15(13)21-19(30)22-18(26)14-11-12(24(27)28)5-6-16(14)23-7-9-29-10-8-23/h1-6,11H,7-10H2,(H2,20,25)(H2,21,22,26,30). The zero-order valence-electron chi connectivity index (χ0n) is 15.8. The molecule has 2 aromatic carbocycles. The molecule has 11 heteroatoms. The summed E-state index contributed by atoms with van der Waals surface area (Å²) in [6.07, 6.45) is 0. The summed E-state index contributed by atoms with van der Waals surface area (Å²) in [6.45, 7) is 2.07. The van der Waals surface area contributed by atoms with E-state index in [1.165, 1.54) is 24.3 Å². The van der Waals surface area contributed by atoms with Crippen LogP contribution in [0.5, 0.6) is 0 Å². The molecule has 1 aliphatic rings. The van der Waals surface area contributed by atoms with Crippen molar-refractivity contribution in [3.05, 3.63) is 63.7 Å². The van der Waals surface area contributed by atoms with Gasteiger partial charge in [-0.3, -0.25) is 25.0 Å². The molecule has 0 saturated carbocycles. The lowest BCUT2D eigenvalue weighted by molar-refractivity contribution is -0.384. The Hall–Kier alpha value is -3.57. The summed E-state index contributed by atoms with van der Waals surface area (Å²) in [7, 11) is 0. The van der Waals surface area contributed by atoms with Crippen molar-refractivity contribution < 1.29 is 19.2 Å². The first-order chi connectivity index (χ1) is 14.4. The lowest BCUT2D eigenvalue weighted by Crippen LogP contribution is -2.39. The molecule has 10 nitrogen and oxygen atoms in total. The molecule has 1 aliphatic heterocycles. The number of rotatable bonds is 5. The van der Waals surface area contributed by atoms with Gasteiger partial charge in [-0.1, -0.05) is 12.1 Å². The number of carbonyl (C=O) groups excluding carboxylic acids is 2. The number of hydrogen-bond donors (Lipinski definition) is 3. The van der Waals surface area contributed by atoms with Crippen LogP contribution in [0.1, 0.15) is 20.7 Å². The minimum absolute atomic E-state index is 0.0758. The van der Waals surface area contributed by atoms with Crippen LogP contribution in [-0.4, -0.2) is 48.2 Å². The van der Waals surface area contributed by atoms with Crippen molar-refractivity contribution in [3.63, 3.8) is 0 Å². The molecule has 0 aliphatic carbocycles. The molecule has 30 heavy (non-hydrogen) atoms. The van der Waals surface area contributed by atoms with Crippen molar-refractivity contribution in [1.29, 1.82) is 0 Å². The van der Waals surface area contributed by atoms with Crippen LogP contribution in [0.4, 0.5) is 17.1 Å². The van der Waals surface area contributed by atoms with E-state index in [2.05, 4.69) is 10.6 Å². The highest BCUT2D eigenvalue weighted by Crippen LogP contribution is 2.26. The topological polar surface area (TPSA) is 140 Å². The molecule has 3 rings (SSSR count). The Kier molecular flexibility index (Phi) is 6.54. The first-order valence-electron chi connectivity index (χ1n) is 8.99. The van der Waals surface area contributed by atoms with Gasteiger partial charge in [-0.25, -0.2) is 0 Å². The van der Waals surface area contributed by atoms with Gasteiger partial charge in [0.1, 0.15) is 0 Å². The van der Waals surface area contributed by atoms with Crippen molar-refractivity contribution in [2.75, 3.05) is 36.5 Å². The molecule has 1 heterocycles. The molecule has 1 fully saturated rings. The van der Waals surface area contributed by atoms with Crippen LogP contribution in [0.3, 0.4) is 0 Å². The van der Waals surface area contributed by atoms with Gasteiger partial charge in [0.15, 0.2) is 5.11 Å². The monoisotopic (exact) mass is 429 g/mol. The molecular weight excluding hydrogens is 410 g/mol. The van der Waals surface area contributed by atoms with E-state index < -0.39 is 16.7 Å². The number of primary amides is 1. The highest BCUT2D eigenvalue weighted by molar-refractivity contribution is 7.80. The number of thiocarbonyl (C=S) groups is 1. The molecule has 1 saturated heterocycles. The van der Waals surface area contributed by atoms with Gasteiger partial charge in [-0.15, -0.1) is 0 Å². The normalized spacial score (nSPS) is 13.4. The van der Waals surface area contributed by atoms with Gasteiger partial charge >= 0.3 is 0 Å². The van der Waals surface area contributed by atoms with Crippen LogP contribution >= 0.6 is 12.2 Å². The molecule has 0 aromatic heterocycles. The molecule has 2 aromatic rings. The summed E-state index contributed by atoms with van der Waals surface area (Å²) in [6, 6.07) is 10.5. The van der Waals surface area contributed by atoms with E-state index in [1.807, 2.05) is 4.90 Å². The zero-order chi connectivity index (χ0) is 21.7. The molecule has 0 atom stereocenters. The summed E-state index contributed by atoms with van der Waals surface area (Å²) >= 11 is 5.18. The SMILES string of the molecule is NC(=O)c1ccccc1NC(=S)NC(=O)c1cc([N+](=O)[O-])ccc1N1CCOCC1. The third-order valence-electron chi connectivity index (χ3n) is 4.46. The molecule has 2 amide bonds. The van der Waals surface area contributed by atoms with Crippen LogP contribution < -0.4 is 21.3 Å². The minimum Gasteiger partial charge on any atom is -0.378 e. The number of amides is 2. The summed E-state index contributed by atoms with van der Waals surface area (Å²) in [5.41, 5.74) is 6.32. The third-order valence-corrected chi connectivity index (χ3v) is 4.66. The number of nitrogens with two attached hydrogens (primary N) is 1. The van der Waals surface area contributed by atoms with Gasteiger partial charge in [-0.05, 0) is 30.4 Å². The number of benzene rings is 2. The van der Waals surface area contributed by atoms with Gasteiger partial charge in [0.25, 0.3) is 17.5 Å². The van der Waals surface area contributed by atoms with Gasteiger partial charge in [0.2, 0.25) is 0 Å².